The molecule has 4 nitrogen and oxygen atoms in total. The molecule has 21 heavy (non-hydrogen) atoms. The lowest BCUT2D eigenvalue weighted by molar-refractivity contribution is 0.218. The fraction of sp³-hybridized carbons (Fsp3) is 0.188. The number of ether oxygens (including phenoxy) is 2. The van der Waals surface area contributed by atoms with Crippen molar-refractivity contribution in [2.24, 2.45) is 0 Å². The molecule has 5 heteroatoms. The van der Waals surface area contributed by atoms with Gasteiger partial charge in [-0.15, -0.1) is 0 Å². The molecule has 0 N–H and O–H groups in total. The number of para-hydroxylation sites is 1. The van der Waals surface area contributed by atoms with Crippen molar-refractivity contribution in [1.29, 1.82) is 0 Å². The summed E-state index contributed by atoms with van der Waals surface area (Å²) < 4.78 is 11.2. The van der Waals surface area contributed by atoms with E-state index in [1.807, 2.05) is 54.6 Å². The van der Waals surface area contributed by atoms with Crippen molar-refractivity contribution < 1.29 is 14.3 Å². The molecule has 0 bridgehead atoms. The molecule has 0 heterocycles. The number of carbonyl (C=O) groups excluding carboxylic acids is 1. The summed E-state index contributed by atoms with van der Waals surface area (Å²) in [6.07, 6.45) is 0. The Kier molecular flexibility index (Phi) is 5.51. The van der Waals surface area contributed by atoms with Crippen LogP contribution in [0.2, 0.25) is 0 Å². The number of likely N-dealkylation sites (N-methyl/N-ethyl adjacent to an activating group) is 1. The maximum atomic E-state index is 10.9. The van der Waals surface area contributed by atoms with Gasteiger partial charge in [-0.2, -0.15) is 0 Å². The van der Waals surface area contributed by atoms with Gasteiger partial charge >= 0.3 is 0 Å². The highest BCUT2D eigenvalue weighted by atomic mass is 32.1. The lowest BCUT2D eigenvalue weighted by Crippen LogP contribution is -2.26. The van der Waals surface area contributed by atoms with Crippen LogP contribution in [0.4, 0.5) is 4.79 Å². The summed E-state index contributed by atoms with van der Waals surface area (Å²) in [4.78, 5) is 12.4. The first kappa shape index (κ1) is 15.3. The highest BCUT2D eigenvalue weighted by Crippen LogP contribution is 2.23. The number of amides is 1. The fourth-order valence-corrected chi connectivity index (χ4v) is 1.72. The number of thiol groups is 1. The standard InChI is InChI=1S/C16H17NO3S/c1-17(16(18)21)11-12-19-13-7-9-15(10-8-13)20-14-5-3-2-4-6-14/h2-10H,11-12H2,1H3,(H,18,21). The number of nitrogens with zero attached hydrogens (tertiary/aromatic N) is 1. The average molecular weight is 303 g/mol. The van der Waals surface area contributed by atoms with Crippen LogP contribution in [0.1, 0.15) is 0 Å². The second kappa shape index (κ2) is 7.59. The van der Waals surface area contributed by atoms with Crippen LogP contribution in [-0.4, -0.2) is 30.3 Å². The van der Waals surface area contributed by atoms with Crippen molar-refractivity contribution in [3.8, 4) is 17.2 Å². The fourth-order valence-electron chi connectivity index (χ4n) is 1.62. The Balaban J connectivity index is 1.83. The zero-order valence-corrected chi connectivity index (χ0v) is 12.6. The van der Waals surface area contributed by atoms with E-state index in [-0.39, 0.29) is 5.24 Å². The first-order chi connectivity index (χ1) is 10.1. The molecule has 0 aliphatic carbocycles. The molecular formula is C16H17NO3S. The maximum Gasteiger partial charge on any atom is 0.278 e. The van der Waals surface area contributed by atoms with Gasteiger partial charge in [0, 0.05) is 7.05 Å². The Morgan fingerprint density at radius 2 is 1.57 bits per heavy atom. The minimum absolute atomic E-state index is 0.273. The van der Waals surface area contributed by atoms with Crippen LogP contribution in [0, 0.1) is 0 Å². The second-order valence-corrected chi connectivity index (χ2v) is 4.82. The molecule has 0 aliphatic rings. The molecule has 2 aromatic carbocycles. The Hall–Kier alpha value is -2.14. The molecular weight excluding hydrogens is 286 g/mol. The first-order valence-corrected chi connectivity index (χ1v) is 7.00. The molecule has 0 fully saturated rings. The Morgan fingerprint density at radius 1 is 1.00 bits per heavy atom. The molecule has 2 rings (SSSR count). The van der Waals surface area contributed by atoms with Crippen molar-refractivity contribution in [3.05, 3.63) is 54.6 Å². The molecule has 110 valence electrons. The summed E-state index contributed by atoms with van der Waals surface area (Å²) in [6, 6.07) is 16.9. The quantitative estimate of drug-likeness (QED) is 0.824. The lowest BCUT2D eigenvalue weighted by atomic mass is 10.3. The highest BCUT2D eigenvalue weighted by molar-refractivity contribution is 7.96. The molecule has 0 unspecified atom stereocenters. The van der Waals surface area contributed by atoms with Crippen molar-refractivity contribution in [2.45, 2.75) is 0 Å². The topological polar surface area (TPSA) is 38.8 Å². The summed E-state index contributed by atoms with van der Waals surface area (Å²) in [5.74, 6) is 2.27. The van der Waals surface area contributed by atoms with Gasteiger partial charge in [-0.25, -0.2) is 0 Å². The van der Waals surface area contributed by atoms with Crippen LogP contribution in [0.25, 0.3) is 0 Å². The van der Waals surface area contributed by atoms with Gasteiger partial charge in [-0.05, 0) is 36.4 Å². The third-order valence-corrected chi connectivity index (χ3v) is 3.17. The molecule has 0 spiro atoms. The van der Waals surface area contributed by atoms with Crippen LogP contribution in [0.3, 0.4) is 0 Å². The van der Waals surface area contributed by atoms with Crippen molar-refractivity contribution in [3.63, 3.8) is 0 Å². The van der Waals surface area contributed by atoms with Crippen molar-refractivity contribution in [2.75, 3.05) is 20.2 Å². The van der Waals surface area contributed by atoms with E-state index in [2.05, 4.69) is 12.6 Å². The molecule has 0 saturated heterocycles. The van der Waals surface area contributed by atoms with Gasteiger partial charge < -0.3 is 14.4 Å². The summed E-state index contributed by atoms with van der Waals surface area (Å²) in [5.41, 5.74) is 0. The van der Waals surface area contributed by atoms with Gasteiger partial charge in [-0.3, -0.25) is 4.79 Å². The summed E-state index contributed by atoms with van der Waals surface area (Å²) >= 11 is 3.73. The Morgan fingerprint density at radius 3 is 2.19 bits per heavy atom. The van der Waals surface area contributed by atoms with E-state index in [1.165, 1.54) is 4.90 Å². The van der Waals surface area contributed by atoms with E-state index in [9.17, 15) is 4.79 Å². The van der Waals surface area contributed by atoms with Gasteiger partial charge in [0.15, 0.2) is 0 Å². The molecule has 0 saturated carbocycles. The normalized spacial score (nSPS) is 10.0. The minimum atomic E-state index is -0.273. The zero-order valence-electron chi connectivity index (χ0n) is 11.7. The highest BCUT2D eigenvalue weighted by Gasteiger charge is 2.03. The number of benzene rings is 2. The van der Waals surface area contributed by atoms with E-state index in [1.54, 1.807) is 7.05 Å². The summed E-state index contributed by atoms with van der Waals surface area (Å²) in [5, 5.41) is -0.273. The van der Waals surface area contributed by atoms with Crippen LogP contribution < -0.4 is 9.47 Å². The molecule has 0 atom stereocenters. The smallest absolute Gasteiger partial charge is 0.278 e. The summed E-state index contributed by atoms with van der Waals surface area (Å²) in [6.45, 7) is 0.909. The van der Waals surface area contributed by atoms with Crippen LogP contribution in [0.5, 0.6) is 17.2 Å². The summed E-state index contributed by atoms with van der Waals surface area (Å²) in [7, 11) is 1.68. The van der Waals surface area contributed by atoms with E-state index in [0.717, 1.165) is 17.2 Å². The van der Waals surface area contributed by atoms with Crippen molar-refractivity contribution >= 4 is 17.9 Å². The van der Waals surface area contributed by atoms with Crippen LogP contribution >= 0.6 is 12.6 Å². The van der Waals surface area contributed by atoms with Crippen LogP contribution in [0.15, 0.2) is 54.6 Å². The minimum Gasteiger partial charge on any atom is -0.492 e. The van der Waals surface area contributed by atoms with E-state index in [0.29, 0.717) is 13.2 Å². The van der Waals surface area contributed by atoms with E-state index < -0.39 is 0 Å². The predicted octanol–water partition coefficient (Wildman–Crippen LogP) is 3.84. The number of hydrogen-bond donors (Lipinski definition) is 1. The monoisotopic (exact) mass is 303 g/mol. The van der Waals surface area contributed by atoms with Gasteiger partial charge in [0.05, 0.1) is 6.54 Å². The van der Waals surface area contributed by atoms with Gasteiger partial charge in [0.25, 0.3) is 5.24 Å². The maximum absolute atomic E-state index is 10.9. The van der Waals surface area contributed by atoms with Gasteiger partial charge in [0.1, 0.15) is 23.9 Å². The number of carbonyl (C=O) groups is 1. The van der Waals surface area contributed by atoms with Gasteiger partial charge in [0.2, 0.25) is 0 Å². The van der Waals surface area contributed by atoms with E-state index >= 15 is 0 Å². The third-order valence-electron chi connectivity index (χ3n) is 2.82. The van der Waals surface area contributed by atoms with Gasteiger partial charge in [-0.1, -0.05) is 30.8 Å². The predicted molar refractivity (Wildman–Crippen MR) is 85.5 cm³/mol. The molecule has 2 aromatic rings. The third kappa shape index (κ3) is 5.04. The van der Waals surface area contributed by atoms with E-state index in [4.69, 9.17) is 9.47 Å². The number of rotatable bonds is 6. The Labute approximate surface area is 129 Å². The van der Waals surface area contributed by atoms with Crippen molar-refractivity contribution in [1.82, 2.24) is 4.90 Å². The van der Waals surface area contributed by atoms with Crippen LogP contribution in [-0.2, 0) is 0 Å². The second-order valence-electron chi connectivity index (χ2n) is 4.44. The largest absolute Gasteiger partial charge is 0.492 e. The molecule has 0 aliphatic heterocycles. The lowest BCUT2D eigenvalue weighted by Gasteiger charge is -2.14. The SMILES string of the molecule is CN(CCOc1ccc(Oc2ccccc2)cc1)C(=O)S. The molecule has 0 radical (unpaired) electrons. The average Bonchev–Trinajstić information content (AvgIpc) is 2.50. The number of hydrogen-bond acceptors (Lipinski definition) is 3. The Bertz CT molecular complexity index is 572. The zero-order chi connectivity index (χ0) is 15.1. The molecule has 1 amide bonds. The first-order valence-electron chi connectivity index (χ1n) is 6.55. The molecule has 0 aromatic heterocycles.